The number of benzene rings is 13. The van der Waals surface area contributed by atoms with Gasteiger partial charge < -0.3 is 0 Å². The molecule has 4 aromatic heterocycles. The van der Waals surface area contributed by atoms with E-state index in [-0.39, 0.29) is 0 Å². The summed E-state index contributed by atoms with van der Waals surface area (Å²) in [6, 6.07) is 113. The molecule has 0 aliphatic heterocycles. The van der Waals surface area contributed by atoms with Crippen molar-refractivity contribution < 1.29 is 0 Å². The number of hydrogen-bond acceptors (Lipinski definition) is 4. The van der Waals surface area contributed by atoms with Crippen LogP contribution in [-0.2, 0) is 0 Å². The lowest BCUT2D eigenvalue weighted by Gasteiger charge is -2.16. The largest absolute Gasteiger partial charge is 0.134 e. The van der Waals surface area contributed by atoms with Gasteiger partial charge in [0.2, 0.25) is 0 Å². The van der Waals surface area contributed by atoms with Gasteiger partial charge in [-0.15, -0.1) is 45.3 Å². The molecule has 0 amide bonds. The highest BCUT2D eigenvalue weighted by atomic mass is 32.1. The summed E-state index contributed by atoms with van der Waals surface area (Å²) in [5.41, 5.74) is 24.5. The number of rotatable bonds is 10. The molecule has 0 saturated heterocycles. The molecule has 13 aromatic carbocycles. The normalized spacial score (nSPS) is 11.7. The van der Waals surface area contributed by atoms with E-state index in [1.807, 2.05) is 45.3 Å². The second-order valence-electron chi connectivity index (χ2n) is 22.3. The zero-order valence-electron chi connectivity index (χ0n) is 46.5. The van der Waals surface area contributed by atoms with E-state index in [0.717, 1.165) is 0 Å². The van der Waals surface area contributed by atoms with Crippen molar-refractivity contribution in [3.63, 3.8) is 0 Å². The molecule has 17 rings (SSSR count). The van der Waals surface area contributed by atoms with Crippen molar-refractivity contribution in [3.05, 3.63) is 303 Å². The summed E-state index contributed by atoms with van der Waals surface area (Å²) in [5, 5.41) is 5.29. The second kappa shape index (κ2) is 21.1. The zero-order valence-corrected chi connectivity index (χ0v) is 49.8. The summed E-state index contributed by atoms with van der Waals surface area (Å²) in [5.74, 6) is 0. The van der Waals surface area contributed by atoms with Crippen LogP contribution < -0.4 is 0 Å². The Bertz CT molecular complexity index is 5380. The predicted octanol–water partition coefficient (Wildman–Crippen LogP) is 25.5. The summed E-state index contributed by atoms with van der Waals surface area (Å²) in [6.45, 7) is 0. The quantitative estimate of drug-likeness (QED) is 0.128. The van der Waals surface area contributed by atoms with Gasteiger partial charge in [0, 0.05) is 40.3 Å². The molecular weight excluding hydrogens is 1110 g/mol. The second-order valence-corrected chi connectivity index (χ2v) is 26.5. The van der Waals surface area contributed by atoms with Crippen LogP contribution in [0.1, 0.15) is 0 Å². The Morgan fingerprint density at radius 3 is 0.826 bits per heavy atom. The van der Waals surface area contributed by atoms with Gasteiger partial charge in [0.05, 0.1) is 18.8 Å². The van der Waals surface area contributed by atoms with Crippen molar-refractivity contribution in [2.45, 2.75) is 0 Å². The fourth-order valence-electron chi connectivity index (χ4n) is 12.7. The highest BCUT2D eigenvalue weighted by molar-refractivity contribution is 7.37. The lowest BCUT2D eigenvalue weighted by Crippen LogP contribution is -1.90. The zero-order chi connectivity index (χ0) is 56.7. The van der Waals surface area contributed by atoms with Gasteiger partial charge in [-0.2, -0.15) is 0 Å². The van der Waals surface area contributed by atoms with Crippen LogP contribution in [0, 0.1) is 0 Å². The molecular formula is C82H50S4. The molecule has 0 aliphatic rings. The SMILES string of the molecule is c1ccc(-c2ccc(-c3ccc(-c4ccc5c(c4)sc4c5sc5cc(-c6ccc(-c7ccc(-c8ccccc8)cc7)cc6)cc(-c6cc(-c7ccccc7)ccc6-c6ccc7c(c6)sc6c8ccc(-c9ccccc9)cc8sc76)c54)cc3)cc2)cc1. The fraction of sp³-hybridized carbons (Fsp3) is 0. The van der Waals surface area contributed by atoms with Crippen molar-refractivity contribution in [2.24, 2.45) is 0 Å². The number of hydrogen-bond donors (Lipinski definition) is 0. The Kier molecular flexibility index (Phi) is 12.4. The minimum atomic E-state index is 1.20. The first kappa shape index (κ1) is 50.7. The highest BCUT2D eigenvalue weighted by Gasteiger charge is 2.23. The van der Waals surface area contributed by atoms with Gasteiger partial charge >= 0.3 is 0 Å². The maximum absolute atomic E-state index is 2.49. The highest BCUT2D eigenvalue weighted by Crippen LogP contribution is 2.52. The molecule has 0 atom stereocenters. The van der Waals surface area contributed by atoms with Crippen molar-refractivity contribution in [1.82, 2.24) is 0 Å². The molecule has 0 fully saturated rings. The maximum atomic E-state index is 2.49. The minimum absolute atomic E-state index is 1.20. The van der Waals surface area contributed by atoms with Crippen LogP contribution in [-0.4, -0.2) is 0 Å². The van der Waals surface area contributed by atoms with Gasteiger partial charge in [-0.25, -0.2) is 0 Å². The maximum Gasteiger partial charge on any atom is 0.0548 e. The summed E-state index contributed by atoms with van der Waals surface area (Å²) < 4.78 is 10.7. The first-order chi connectivity index (χ1) is 42.6. The molecule has 0 radical (unpaired) electrons. The monoisotopic (exact) mass is 1160 g/mol. The van der Waals surface area contributed by atoms with E-state index in [1.54, 1.807) is 0 Å². The fourth-order valence-corrected chi connectivity index (χ4v) is 18.2. The van der Waals surface area contributed by atoms with E-state index in [0.29, 0.717) is 0 Å². The Labute approximate surface area is 515 Å². The van der Waals surface area contributed by atoms with Crippen LogP contribution in [0.5, 0.6) is 0 Å². The van der Waals surface area contributed by atoms with Crippen molar-refractivity contribution in [2.75, 3.05) is 0 Å². The van der Waals surface area contributed by atoms with Crippen molar-refractivity contribution in [1.29, 1.82) is 0 Å². The molecule has 17 aromatic rings. The third-order valence-corrected chi connectivity index (χ3v) is 22.2. The van der Waals surface area contributed by atoms with Gasteiger partial charge in [-0.1, -0.05) is 267 Å². The standard InChI is InChI=1S/C82H50S4/c1-5-13-51(14-6-1)55-21-25-57(26-22-55)59-29-33-61(34-30-59)65-39-43-71-75(48-65)85-82-78-73(46-67(50-77(78)86-81(71)82)62-35-31-60(32-36-62)58-27-23-56(24-28-58)52-15-7-2-8-16-52)72-45-63(53-17-9-3-10-18-53)37-41-68(72)66-40-44-70-76(49-66)84-79-69-42-38-64(47-74(69)83-80(70)79)54-19-11-4-12-20-54/h1-50H. The lowest BCUT2D eigenvalue weighted by atomic mass is 9.88. The van der Waals surface area contributed by atoms with Crippen LogP contribution in [0.4, 0.5) is 0 Å². The van der Waals surface area contributed by atoms with E-state index in [2.05, 4.69) is 303 Å². The number of fused-ring (bicyclic) bond motifs is 10. The molecule has 0 saturated carbocycles. The Balaban J connectivity index is 0.801. The van der Waals surface area contributed by atoms with Gasteiger partial charge in [0.15, 0.2) is 0 Å². The average molecular weight is 1160 g/mol. The van der Waals surface area contributed by atoms with Crippen LogP contribution in [0.15, 0.2) is 303 Å². The summed E-state index contributed by atoms with van der Waals surface area (Å²) in [6.07, 6.45) is 0. The van der Waals surface area contributed by atoms with Gasteiger partial charge in [0.1, 0.15) is 0 Å². The van der Waals surface area contributed by atoms with E-state index in [1.165, 1.54) is 170 Å². The molecule has 0 nitrogen and oxygen atoms in total. The van der Waals surface area contributed by atoms with Gasteiger partial charge in [0.25, 0.3) is 0 Å². The summed E-state index contributed by atoms with van der Waals surface area (Å²) >= 11 is 7.73. The molecule has 0 bridgehead atoms. The van der Waals surface area contributed by atoms with E-state index < -0.39 is 0 Å². The smallest absolute Gasteiger partial charge is 0.0548 e. The average Bonchev–Trinajstić information content (AvgIpc) is 1.79. The van der Waals surface area contributed by atoms with Crippen molar-refractivity contribution in [3.8, 4) is 111 Å². The third-order valence-electron chi connectivity index (χ3n) is 17.2. The molecule has 0 N–H and O–H groups in total. The van der Waals surface area contributed by atoms with Gasteiger partial charge in [-0.05, 0) is 148 Å². The Hall–Kier alpha value is -9.78. The Morgan fingerprint density at radius 2 is 0.407 bits per heavy atom. The third kappa shape index (κ3) is 9.00. The summed E-state index contributed by atoms with van der Waals surface area (Å²) in [4.78, 5) is 0. The number of thiophene rings is 4. The van der Waals surface area contributed by atoms with Crippen molar-refractivity contribution >= 4 is 104 Å². The molecule has 0 aliphatic carbocycles. The lowest BCUT2D eigenvalue weighted by molar-refractivity contribution is 1.57. The molecule has 0 unspecified atom stereocenters. The molecule has 0 spiro atoms. The van der Waals surface area contributed by atoms with Gasteiger partial charge in [-0.3, -0.25) is 0 Å². The molecule has 4 heterocycles. The topological polar surface area (TPSA) is 0 Å². The minimum Gasteiger partial charge on any atom is -0.134 e. The van der Waals surface area contributed by atoms with Crippen LogP contribution >= 0.6 is 45.3 Å². The Morgan fingerprint density at radius 1 is 0.151 bits per heavy atom. The first-order valence-electron chi connectivity index (χ1n) is 29.2. The predicted molar refractivity (Wildman–Crippen MR) is 377 cm³/mol. The molecule has 86 heavy (non-hydrogen) atoms. The van der Waals surface area contributed by atoms with Crippen LogP contribution in [0.25, 0.3) is 170 Å². The van der Waals surface area contributed by atoms with Crippen LogP contribution in [0.3, 0.4) is 0 Å². The summed E-state index contributed by atoms with van der Waals surface area (Å²) in [7, 11) is 0. The van der Waals surface area contributed by atoms with E-state index >= 15 is 0 Å². The van der Waals surface area contributed by atoms with Crippen LogP contribution in [0.2, 0.25) is 0 Å². The van der Waals surface area contributed by atoms with E-state index in [9.17, 15) is 0 Å². The van der Waals surface area contributed by atoms with E-state index in [4.69, 9.17) is 0 Å². The first-order valence-corrected chi connectivity index (χ1v) is 32.4. The molecule has 4 heteroatoms. The molecule has 402 valence electrons.